The number of aryl methyl sites for hydroxylation is 2. The molecule has 4 nitrogen and oxygen atoms in total. The average molecular weight is 362 g/mol. The van der Waals surface area contributed by atoms with E-state index in [4.69, 9.17) is 4.74 Å². The maximum atomic E-state index is 11.9. The molecule has 0 aromatic heterocycles. The molecule has 2 rings (SSSR count). The number of ether oxygens (including phenoxy) is 1. The van der Waals surface area contributed by atoms with E-state index in [1.807, 2.05) is 32.0 Å². The molecule has 0 saturated heterocycles. The number of carbonyl (C=O) groups is 2. The van der Waals surface area contributed by atoms with Crippen molar-refractivity contribution in [1.82, 2.24) is 0 Å². The molecular weight excluding hydrogens is 346 g/mol. The first-order chi connectivity index (χ1) is 10.4. The van der Waals surface area contributed by atoms with Crippen molar-refractivity contribution in [3.63, 3.8) is 0 Å². The highest BCUT2D eigenvalue weighted by Crippen LogP contribution is 2.14. The molecule has 0 aliphatic rings. The number of anilines is 1. The van der Waals surface area contributed by atoms with E-state index in [-0.39, 0.29) is 12.5 Å². The van der Waals surface area contributed by atoms with Crippen LogP contribution in [-0.4, -0.2) is 18.5 Å². The smallest absolute Gasteiger partial charge is 0.338 e. The van der Waals surface area contributed by atoms with Gasteiger partial charge >= 0.3 is 5.97 Å². The molecule has 0 fully saturated rings. The number of amides is 1. The summed E-state index contributed by atoms with van der Waals surface area (Å²) in [6, 6.07) is 12.6. The molecule has 1 N–H and O–H groups in total. The standard InChI is InChI=1S/C17H16BrNO3/c1-11-7-12(2)9-13(8-11)17(21)22-10-16(20)19-15-5-3-14(18)4-6-15/h3-9H,10H2,1-2H3,(H,19,20). The lowest BCUT2D eigenvalue weighted by Gasteiger charge is -2.08. The van der Waals surface area contributed by atoms with Gasteiger partial charge in [0.25, 0.3) is 5.91 Å². The number of carbonyl (C=O) groups excluding carboxylic acids is 2. The van der Waals surface area contributed by atoms with E-state index in [0.717, 1.165) is 15.6 Å². The van der Waals surface area contributed by atoms with Gasteiger partial charge in [-0.2, -0.15) is 0 Å². The second kappa shape index (κ2) is 7.22. The van der Waals surface area contributed by atoms with Gasteiger partial charge in [-0.25, -0.2) is 4.79 Å². The second-order valence-corrected chi connectivity index (χ2v) is 5.92. The Kier molecular flexibility index (Phi) is 5.33. The quantitative estimate of drug-likeness (QED) is 0.841. The van der Waals surface area contributed by atoms with Crippen LogP contribution in [0.2, 0.25) is 0 Å². The topological polar surface area (TPSA) is 55.4 Å². The van der Waals surface area contributed by atoms with Gasteiger partial charge in [0.1, 0.15) is 0 Å². The lowest BCUT2D eigenvalue weighted by atomic mass is 10.1. The van der Waals surface area contributed by atoms with E-state index in [1.165, 1.54) is 0 Å². The van der Waals surface area contributed by atoms with Crippen molar-refractivity contribution in [2.75, 3.05) is 11.9 Å². The van der Waals surface area contributed by atoms with Crippen LogP contribution in [0.1, 0.15) is 21.5 Å². The Balaban J connectivity index is 1.90. The van der Waals surface area contributed by atoms with Crippen molar-refractivity contribution < 1.29 is 14.3 Å². The second-order valence-electron chi connectivity index (χ2n) is 5.01. The molecule has 0 bridgehead atoms. The summed E-state index contributed by atoms with van der Waals surface area (Å²) in [5.74, 6) is -0.877. The summed E-state index contributed by atoms with van der Waals surface area (Å²) in [5, 5.41) is 2.66. The van der Waals surface area contributed by atoms with Gasteiger partial charge in [-0.15, -0.1) is 0 Å². The first-order valence-corrected chi connectivity index (χ1v) is 7.54. The van der Waals surface area contributed by atoms with Gasteiger partial charge in [0.15, 0.2) is 6.61 Å². The lowest BCUT2D eigenvalue weighted by Crippen LogP contribution is -2.21. The molecule has 114 valence electrons. The zero-order valence-corrected chi connectivity index (χ0v) is 13.9. The Morgan fingerprint density at radius 1 is 1.05 bits per heavy atom. The first kappa shape index (κ1) is 16.2. The Hall–Kier alpha value is -2.14. The molecule has 1 amide bonds. The number of rotatable bonds is 4. The van der Waals surface area contributed by atoms with Crippen molar-refractivity contribution in [1.29, 1.82) is 0 Å². The third-order valence-electron chi connectivity index (χ3n) is 2.92. The van der Waals surface area contributed by atoms with Crippen molar-refractivity contribution >= 4 is 33.5 Å². The minimum atomic E-state index is -0.502. The molecule has 0 aliphatic carbocycles. The summed E-state index contributed by atoms with van der Waals surface area (Å²) in [6.45, 7) is 3.50. The largest absolute Gasteiger partial charge is 0.452 e. The maximum Gasteiger partial charge on any atom is 0.338 e. The fourth-order valence-corrected chi connectivity index (χ4v) is 2.30. The van der Waals surface area contributed by atoms with Gasteiger partial charge in [0, 0.05) is 10.2 Å². The van der Waals surface area contributed by atoms with E-state index in [0.29, 0.717) is 11.3 Å². The molecular formula is C17H16BrNO3. The fourth-order valence-electron chi connectivity index (χ4n) is 2.04. The van der Waals surface area contributed by atoms with E-state index >= 15 is 0 Å². The number of halogens is 1. The van der Waals surface area contributed by atoms with Crippen LogP contribution in [0.3, 0.4) is 0 Å². The van der Waals surface area contributed by atoms with Crippen LogP contribution in [-0.2, 0) is 9.53 Å². The molecule has 0 aliphatic heterocycles. The number of nitrogens with one attached hydrogen (secondary N) is 1. The van der Waals surface area contributed by atoms with Crippen molar-refractivity contribution in [3.8, 4) is 0 Å². The Bertz CT molecular complexity index is 675. The number of hydrogen-bond donors (Lipinski definition) is 1. The zero-order valence-electron chi connectivity index (χ0n) is 12.4. The first-order valence-electron chi connectivity index (χ1n) is 6.75. The normalized spacial score (nSPS) is 10.1. The van der Waals surface area contributed by atoms with Gasteiger partial charge < -0.3 is 10.1 Å². The Morgan fingerprint density at radius 3 is 2.23 bits per heavy atom. The highest BCUT2D eigenvalue weighted by Gasteiger charge is 2.11. The van der Waals surface area contributed by atoms with E-state index in [2.05, 4.69) is 21.2 Å². The third kappa shape index (κ3) is 4.70. The molecule has 5 heteroatoms. The van der Waals surface area contributed by atoms with Gasteiger partial charge in [-0.1, -0.05) is 33.1 Å². The van der Waals surface area contributed by atoms with Crippen LogP contribution >= 0.6 is 15.9 Å². The van der Waals surface area contributed by atoms with Gasteiger partial charge in [-0.05, 0) is 50.2 Å². The van der Waals surface area contributed by atoms with Crippen LogP contribution in [0.25, 0.3) is 0 Å². The van der Waals surface area contributed by atoms with Gasteiger partial charge in [-0.3, -0.25) is 4.79 Å². The van der Waals surface area contributed by atoms with Crippen LogP contribution in [0.15, 0.2) is 46.9 Å². The summed E-state index contributed by atoms with van der Waals surface area (Å²) in [7, 11) is 0. The van der Waals surface area contributed by atoms with Crippen LogP contribution in [0, 0.1) is 13.8 Å². The molecule has 0 unspecified atom stereocenters. The Morgan fingerprint density at radius 2 is 1.64 bits per heavy atom. The molecule has 0 saturated carbocycles. The molecule has 22 heavy (non-hydrogen) atoms. The van der Waals surface area contributed by atoms with E-state index in [9.17, 15) is 9.59 Å². The molecule has 0 radical (unpaired) electrons. The lowest BCUT2D eigenvalue weighted by molar-refractivity contribution is -0.119. The average Bonchev–Trinajstić information content (AvgIpc) is 2.46. The van der Waals surface area contributed by atoms with Crippen LogP contribution < -0.4 is 5.32 Å². The number of benzene rings is 2. The van der Waals surface area contributed by atoms with Crippen molar-refractivity contribution in [2.24, 2.45) is 0 Å². The van der Waals surface area contributed by atoms with Crippen molar-refractivity contribution in [2.45, 2.75) is 13.8 Å². The SMILES string of the molecule is Cc1cc(C)cc(C(=O)OCC(=O)Nc2ccc(Br)cc2)c1. The minimum Gasteiger partial charge on any atom is -0.452 e. The molecule has 2 aromatic rings. The highest BCUT2D eigenvalue weighted by atomic mass is 79.9. The van der Waals surface area contributed by atoms with Crippen LogP contribution in [0.4, 0.5) is 5.69 Å². The van der Waals surface area contributed by atoms with Gasteiger partial charge in [0.2, 0.25) is 0 Å². The fraction of sp³-hybridized carbons (Fsp3) is 0.176. The highest BCUT2D eigenvalue weighted by molar-refractivity contribution is 9.10. The number of hydrogen-bond acceptors (Lipinski definition) is 3. The summed E-state index contributed by atoms with van der Waals surface area (Å²) in [5.41, 5.74) is 3.06. The third-order valence-corrected chi connectivity index (χ3v) is 3.45. The van der Waals surface area contributed by atoms with E-state index < -0.39 is 5.97 Å². The molecule has 0 spiro atoms. The van der Waals surface area contributed by atoms with E-state index in [1.54, 1.807) is 24.3 Å². The Labute approximate surface area is 137 Å². The summed E-state index contributed by atoms with van der Waals surface area (Å²) in [6.07, 6.45) is 0. The van der Waals surface area contributed by atoms with Crippen molar-refractivity contribution in [3.05, 3.63) is 63.6 Å². The molecule has 0 heterocycles. The maximum absolute atomic E-state index is 11.9. The number of esters is 1. The summed E-state index contributed by atoms with van der Waals surface area (Å²) >= 11 is 3.32. The monoisotopic (exact) mass is 361 g/mol. The summed E-state index contributed by atoms with van der Waals surface area (Å²) < 4.78 is 5.96. The summed E-state index contributed by atoms with van der Waals surface area (Å²) in [4.78, 5) is 23.7. The van der Waals surface area contributed by atoms with Gasteiger partial charge in [0.05, 0.1) is 5.56 Å². The molecule has 2 aromatic carbocycles. The predicted molar refractivity (Wildman–Crippen MR) is 89.0 cm³/mol. The molecule has 0 atom stereocenters. The minimum absolute atomic E-state index is 0.318. The zero-order chi connectivity index (χ0) is 16.1. The van der Waals surface area contributed by atoms with Crippen LogP contribution in [0.5, 0.6) is 0 Å². The predicted octanol–water partition coefficient (Wildman–Crippen LogP) is 3.86.